The second-order valence-corrected chi connectivity index (χ2v) is 7.89. The van der Waals surface area contributed by atoms with Crippen LogP contribution in [0.15, 0.2) is 37.9 Å². The molecule has 2 rings (SSSR count). The summed E-state index contributed by atoms with van der Waals surface area (Å²) >= 11 is 8.27. The van der Waals surface area contributed by atoms with Gasteiger partial charge in [-0.15, -0.1) is 11.3 Å². The molecule has 0 fully saturated rings. The van der Waals surface area contributed by atoms with E-state index in [1.807, 2.05) is 30.3 Å². The molecule has 0 radical (unpaired) electrons. The number of nitrogens with two attached hydrogens (primary N) is 1. The van der Waals surface area contributed by atoms with E-state index < -0.39 is 0 Å². The average molecular weight is 404 g/mol. The quantitative estimate of drug-likeness (QED) is 0.783. The minimum absolute atomic E-state index is 0.0174. The first kappa shape index (κ1) is 14.6. The van der Waals surface area contributed by atoms with Crippen molar-refractivity contribution < 1.29 is 4.79 Å². The Kier molecular flexibility index (Phi) is 4.65. The monoisotopic (exact) mass is 402 g/mol. The molecule has 0 spiro atoms. The lowest BCUT2D eigenvalue weighted by atomic mass is 10.2. The molecule has 0 atom stereocenters. The summed E-state index contributed by atoms with van der Waals surface area (Å²) in [5.74, 6) is -0.0174. The predicted octanol–water partition coefficient (Wildman–Crippen LogP) is 4.13. The van der Waals surface area contributed by atoms with Crippen molar-refractivity contribution in [1.29, 1.82) is 0 Å². The zero-order valence-corrected chi connectivity index (χ0v) is 14.2. The fourth-order valence-corrected chi connectivity index (χ4v) is 4.51. The molecule has 1 amide bonds. The van der Waals surface area contributed by atoms with Crippen molar-refractivity contribution in [1.82, 2.24) is 4.90 Å². The molecule has 0 aliphatic heterocycles. The van der Waals surface area contributed by atoms with Crippen LogP contribution in [0.5, 0.6) is 0 Å². The van der Waals surface area contributed by atoms with E-state index >= 15 is 0 Å². The third-order valence-electron chi connectivity index (χ3n) is 2.60. The fraction of sp³-hybridized carbons (Fsp3) is 0.154. The van der Waals surface area contributed by atoms with E-state index in [1.54, 1.807) is 11.9 Å². The molecule has 2 aromatic rings. The van der Waals surface area contributed by atoms with Crippen LogP contribution < -0.4 is 5.73 Å². The normalized spacial score (nSPS) is 10.5. The van der Waals surface area contributed by atoms with Gasteiger partial charge in [0.15, 0.2) is 0 Å². The topological polar surface area (TPSA) is 46.3 Å². The van der Waals surface area contributed by atoms with Gasteiger partial charge in [0.05, 0.1) is 13.1 Å². The van der Waals surface area contributed by atoms with Gasteiger partial charge in [0.2, 0.25) is 0 Å². The Morgan fingerprint density at radius 3 is 2.68 bits per heavy atom. The lowest BCUT2D eigenvalue weighted by Gasteiger charge is -2.17. The summed E-state index contributed by atoms with van der Waals surface area (Å²) in [5.41, 5.74) is 8.12. The summed E-state index contributed by atoms with van der Waals surface area (Å²) in [4.78, 5) is 14.0. The second-order valence-electron chi connectivity index (χ2n) is 4.14. The first-order valence-electron chi connectivity index (χ1n) is 5.52. The molecule has 100 valence electrons. The van der Waals surface area contributed by atoms with Crippen LogP contribution >= 0.6 is 43.2 Å². The predicted molar refractivity (Wildman–Crippen MR) is 86.4 cm³/mol. The minimum Gasteiger partial charge on any atom is -0.399 e. The number of thiophene rings is 1. The van der Waals surface area contributed by atoms with Gasteiger partial charge in [-0.3, -0.25) is 4.79 Å². The van der Waals surface area contributed by atoms with Gasteiger partial charge in [-0.1, -0.05) is 12.1 Å². The van der Waals surface area contributed by atoms with Crippen molar-refractivity contribution in [2.24, 2.45) is 0 Å². The van der Waals surface area contributed by atoms with E-state index in [9.17, 15) is 4.79 Å². The molecular weight excluding hydrogens is 392 g/mol. The summed E-state index contributed by atoms with van der Waals surface area (Å²) in [5, 5.41) is 0. The molecule has 0 unspecified atom stereocenters. The lowest BCUT2D eigenvalue weighted by molar-refractivity contribution is 0.0785. The number of halogens is 2. The van der Waals surface area contributed by atoms with E-state index in [0.29, 0.717) is 17.8 Å². The van der Waals surface area contributed by atoms with Crippen molar-refractivity contribution in [2.45, 2.75) is 6.54 Å². The molecule has 6 heteroatoms. The number of carbonyl (C=O) groups is 1. The zero-order chi connectivity index (χ0) is 14.0. The average Bonchev–Trinajstić information content (AvgIpc) is 2.67. The first-order valence-corrected chi connectivity index (χ1v) is 7.92. The number of nitrogen functional groups attached to an aromatic ring is 1. The molecule has 0 saturated heterocycles. The molecule has 2 N–H and O–H groups in total. The zero-order valence-electron chi connectivity index (χ0n) is 10.2. The van der Waals surface area contributed by atoms with Crippen molar-refractivity contribution in [2.75, 3.05) is 12.8 Å². The Balaban J connectivity index is 2.14. The van der Waals surface area contributed by atoms with Gasteiger partial charge >= 0.3 is 0 Å². The van der Waals surface area contributed by atoms with Crippen LogP contribution in [0.1, 0.15) is 15.9 Å². The van der Waals surface area contributed by atoms with Crippen molar-refractivity contribution >= 4 is 54.8 Å². The molecule has 1 heterocycles. The number of benzene rings is 1. The third kappa shape index (κ3) is 3.58. The fourth-order valence-electron chi connectivity index (χ4n) is 1.73. The Hall–Kier alpha value is -0.850. The maximum absolute atomic E-state index is 12.3. The van der Waals surface area contributed by atoms with Crippen LogP contribution in [0, 0.1) is 0 Å². The number of rotatable bonds is 3. The Labute approximate surface area is 132 Å². The maximum Gasteiger partial charge on any atom is 0.255 e. The van der Waals surface area contributed by atoms with Gasteiger partial charge in [0, 0.05) is 19.3 Å². The van der Waals surface area contributed by atoms with E-state index in [0.717, 1.165) is 13.1 Å². The molecular formula is C13H12Br2N2OS. The number of nitrogens with zero attached hydrogens (tertiary/aromatic N) is 1. The second kappa shape index (κ2) is 6.07. The molecule has 19 heavy (non-hydrogen) atoms. The molecule has 0 aliphatic carbocycles. The van der Waals surface area contributed by atoms with Crippen LogP contribution in [0.3, 0.4) is 0 Å². The van der Waals surface area contributed by atoms with Gasteiger partial charge in [-0.05, 0) is 55.6 Å². The van der Waals surface area contributed by atoms with Crippen LogP contribution in [-0.2, 0) is 6.54 Å². The highest BCUT2D eigenvalue weighted by molar-refractivity contribution is 9.12. The Morgan fingerprint density at radius 2 is 2.11 bits per heavy atom. The van der Waals surface area contributed by atoms with Crippen LogP contribution in [-0.4, -0.2) is 17.9 Å². The standard InChI is InChI=1S/C13H12Br2N2OS/c1-17(7-8-3-2-4-9(16)5-8)13(18)10-6-11(14)19-12(10)15/h2-6H,7,16H2,1H3. The number of hydrogen-bond donors (Lipinski definition) is 1. The van der Waals surface area contributed by atoms with Gasteiger partial charge in [0.1, 0.15) is 0 Å². The number of anilines is 1. The SMILES string of the molecule is CN(Cc1cccc(N)c1)C(=O)c1cc(Br)sc1Br. The summed E-state index contributed by atoms with van der Waals surface area (Å²) in [6.45, 7) is 0.532. The van der Waals surface area contributed by atoms with Gasteiger partial charge < -0.3 is 10.6 Å². The summed E-state index contributed by atoms with van der Waals surface area (Å²) in [7, 11) is 1.78. The Bertz CT molecular complexity index is 612. The highest BCUT2D eigenvalue weighted by atomic mass is 79.9. The van der Waals surface area contributed by atoms with Crippen LogP contribution in [0.25, 0.3) is 0 Å². The molecule has 1 aromatic heterocycles. The summed E-state index contributed by atoms with van der Waals surface area (Å²) in [6.07, 6.45) is 0. The third-order valence-corrected chi connectivity index (χ3v) is 4.94. The van der Waals surface area contributed by atoms with Crippen LogP contribution in [0.4, 0.5) is 5.69 Å². The van der Waals surface area contributed by atoms with E-state index in [1.165, 1.54) is 11.3 Å². The van der Waals surface area contributed by atoms with Crippen LogP contribution in [0.2, 0.25) is 0 Å². The summed E-state index contributed by atoms with van der Waals surface area (Å²) in [6, 6.07) is 9.38. The summed E-state index contributed by atoms with van der Waals surface area (Å²) < 4.78 is 1.77. The number of hydrogen-bond acceptors (Lipinski definition) is 3. The Morgan fingerprint density at radius 1 is 1.37 bits per heavy atom. The molecule has 0 saturated carbocycles. The largest absolute Gasteiger partial charge is 0.399 e. The van der Waals surface area contributed by atoms with Gasteiger partial charge in [0.25, 0.3) is 5.91 Å². The number of carbonyl (C=O) groups excluding carboxylic acids is 1. The van der Waals surface area contributed by atoms with Gasteiger partial charge in [-0.2, -0.15) is 0 Å². The molecule has 1 aromatic carbocycles. The molecule has 0 bridgehead atoms. The van der Waals surface area contributed by atoms with E-state index in [2.05, 4.69) is 31.9 Å². The maximum atomic E-state index is 12.3. The highest BCUT2D eigenvalue weighted by Gasteiger charge is 2.17. The first-order chi connectivity index (χ1) is 8.97. The van der Waals surface area contributed by atoms with Crippen molar-refractivity contribution in [3.8, 4) is 0 Å². The smallest absolute Gasteiger partial charge is 0.255 e. The lowest BCUT2D eigenvalue weighted by Crippen LogP contribution is -2.26. The van der Waals surface area contributed by atoms with E-state index in [-0.39, 0.29) is 5.91 Å². The van der Waals surface area contributed by atoms with Gasteiger partial charge in [-0.25, -0.2) is 0 Å². The van der Waals surface area contributed by atoms with Crippen molar-refractivity contribution in [3.63, 3.8) is 0 Å². The molecule has 0 aliphatic rings. The van der Waals surface area contributed by atoms with Crippen molar-refractivity contribution in [3.05, 3.63) is 49.0 Å². The van der Waals surface area contributed by atoms with E-state index in [4.69, 9.17) is 5.73 Å². The number of amides is 1. The molecule has 3 nitrogen and oxygen atoms in total. The minimum atomic E-state index is -0.0174. The highest BCUT2D eigenvalue weighted by Crippen LogP contribution is 2.32.